The van der Waals surface area contributed by atoms with Gasteiger partial charge >= 0.3 is 0 Å². The Bertz CT molecular complexity index is 1150. The number of hydrogen-bond donors (Lipinski definition) is 1. The monoisotopic (exact) mass is 386 g/mol. The lowest BCUT2D eigenvalue weighted by Gasteiger charge is -2.29. The molecule has 0 bridgehead atoms. The normalized spacial score (nSPS) is 12.0. The van der Waals surface area contributed by atoms with Crippen molar-refractivity contribution in [2.75, 3.05) is 0 Å². The average molecular weight is 387 g/mol. The van der Waals surface area contributed by atoms with Gasteiger partial charge in [-0.15, -0.1) is 0 Å². The summed E-state index contributed by atoms with van der Waals surface area (Å²) < 4.78 is 6.66. The first-order valence-corrected chi connectivity index (χ1v) is 12.8. The third-order valence-electron chi connectivity index (χ3n) is 5.80. The van der Waals surface area contributed by atoms with E-state index >= 15 is 0 Å². The Morgan fingerprint density at radius 3 is 1.82 bits per heavy atom. The highest BCUT2D eigenvalue weighted by Crippen LogP contribution is 2.42. The zero-order chi connectivity index (χ0) is 19.9. The largest absolute Gasteiger partial charge is 0.543 e. The predicted molar refractivity (Wildman–Crippen MR) is 122 cm³/mol. The van der Waals surface area contributed by atoms with Crippen molar-refractivity contribution in [1.82, 2.24) is 0 Å². The van der Waals surface area contributed by atoms with Crippen molar-refractivity contribution in [3.63, 3.8) is 0 Å². The molecule has 0 saturated heterocycles. The van der Waals surface area contributed by atoms with Crippen LogP contribution in [0.3, 0.4) is 0 Å². The van der Waals surface area contributed by atoms with Gasteiger partial charge in [0.15, 0.2) is 0 Å². The van der Waals surface area contributed by atoms with Crippen molar-refractivity contribution in [2.45, 2.75) is 32.5 Å². The lowest BCUT2D eigenvalue weighted by atomic mass is 9.93. The van der Waals surface area contributed by atoms with Crippen LogP contribution in [0, 0.1) is 0 Å². The van der Waals surface area contributed by atoms with E-state index in [1.807, 2.05) is 24.3 Å². The summed E-state index contributed by atoms with van der Waals surface area (Å²) >= 11 is 0. The first-order chi connectivity index (χ1) is 13.4. The van der Waals surface area contributed by atoms with Gasteiger partial charge in [-0.05, 0) is 52.7 Å². The number of hydrogen-bond acceptors (Lipinski definition) is 2. The van der Waals surface area contributed by atoms with Crippen LogP contribution >= 0.6 is 0 Å². The molecule has 0 aliphatic rings. The highest BCUT2D eigenvalue weighted by atomic mass is 28.4. The molecule has 0 unspecified atom stereocenters. The van der Waals surface area contributed by atoms with Gasteiger partial charge in [0, 0.05) is 10.8 Å². The van der Waals surface area contributed by atoms with E-state index in [0.29, 0.717) is 11.3 Å². The van der Waals surface area contributed by atoms with E-state index in [1.165, 1.54) is 0 Å². The second-order valence-corrected chi connectivity index (χ2v) is 12.8. The molecular formula is C25H26O2Si. The summed E-state index contributed by atoms with van der Waals surface area (Å²) in [5.41, 5.74) is 2.63. The Labute approximate surface area is 167 Å². The SMILES string of the molecule is CC(C)[Si](C)(C)Oc1cccc2cccc(-c3cccc4cccc(O)c34)c12. The number of aromatic hydroxyl groups is 1. The molecule has 4 aromatic rings. The fraction of sp³-hybridized carbons (Fsp3) is 0.200. The molecule has 3 heteroatoms. The molecule has 0 aliphatic heterocycles. The standard InChI is InChI=1S/C25H26O2Si/c1-17(2)28(3,4)27-23-16-8-12-19-10-6-14-21(25(19)23)20-13-5-9-18-11-7-15-22(26)24(18)20/h5-17,26H,1-4H3. The fourth-order valence-corrected chi connectivity index (χ4v) is 4.54. The van der Waals surface area contributed by atoms with Crippen LogP contribution in [-0.4, -0.2) is 13.4 Å². The smallest absolute Gasteiger partial charge is 0.247 e. The first kappa shape index (κ1) is 18.6. The number of phenolic OH excluding ortho intramolecular Hbond substituents is 1. The van der Waals surface area contributed by atoms with Gasteiger partial charge < -0.3 is 9.53 Å². The Morgan fingerprint density at radius 2 is 1.21 bits per heavy atom. The number of rotatable bonds is 4. The topological polar surface area (TPSA) is 29.5 Å². The second-order valence-electron chi connectivity index (χ2n) is 8.20. The number of fused-ring (bicyclic) bond motifs is 2. The summed E-state index contributed by atoms with van der Waals surface area (Å²) in [7, 11) is -1.88. The zero-order valence-corrected chi connectivity index (χ0v) is 17.9. The molecule has 0 saturated carbocycles. The van der Waals surface area contributed by atoms with Crippen molar-refractivity contribution in [2.24, 2.45) is 0 Å². The third kappa shape index (κ3) is 3.16. The Hall–Kier alpha value is -2.78. The quantitative estimate of drug-likeness (QED) is 0.371. The van der Waals surface area contributed by atoms with Crippen molar-refractivity contribution in [3.05, 3.63) is 72.8 Å². The summed E-state index contributed by atoms with van der Waals surface area (Å²) in [6, 6.07) is 24.4. The van der Waals surface area contributed by atoms with E-state index in [2.05, 4.69) is 69.4 Å². The fourth-order valence-electron chi connectivity index (χ4n) is 3.56. The molecule has 0 heterocycles. The molecule has 0 aromatic heterocycles. The molecule has 0 amide bonds. The molecular weight excluding hydrogens is 360 g/mol. The molecule has 2 nitrogen and oxygen atoms in total. The van der Waals surface area contributed by atoms with Crippen molar-refractivity contribution in [3.8, 4) is 22.6 Å². The maximum absolute atomic E-state index is 10.6. The van der Waals surface area contributed by atoms with E-state index in [1.54, 1.807) is 6.07 Å². The minimum atomic E-state index is -1.88. The molecule has 4 rings (SSSR count). The van der Waals surface area contributed by atoms with Gasteiger partial charge in [-0.25, -0.2) is 0 Å². The van der Waals surface area contributed by atoms with E-state index in [9.17, 15) is 5.11 Å². The van der Waals surface area contributed by atoms with Crippen LogP contribution < -0.4 is 4.43 Å². The van der Waals surface area contributed by atoms with Gasteiger partial charge in [0.2, 0.25) is 8.32 Å². The van der Waals surface area contributed by atoms with E-state index in [0.717, 1.165) is 38.4 Å². The minimum absolute atomic E-state index is 0.306. The maximum atomic E-state index is 10.6. The van der Waals surface area contributed by atoms with Crippen LogP contribution in [0.25, 0.3) is 32.7 Å². The molecule has 28 heavy (non-hydrogen) atoms. The Balaban J connectivity index is 2.02. The van der Waals surface area contributed by atoms with Gasteiger partial charge in [0.05, 0.1) is 0 Å². The van der Waals surface area contributed by atoms with Crippen LogP contribution in [0.2, 0.25) is 18.6 Å². The number of phenols is 1. The van der Waals surface area contributed by atoms with E-state index in [4.69, 9.17) is 4.43 Å². The second kappa shape index (κ2) is 6.99. The molecule has 4 aromatic carbocycles. The van der Waals surface area contributed by atoms with E-state index < -0.39 is 8.32 Å². The lowest BCUT2D eigenvalue weighted by molar-refractivity contribution is 0.482. The van der Waals surface area contributed by atoms with Crippen molar-refractivity contribution in [1.29, 1.82) is 0 Å². The predicted octanol–water partition coefficient (Wildman–Crippen LogP) is 7.36. The van der Waals surface area contributed by atoms with Gasteiger partial charge in [0.25, 0.3) is 0 Å². The summed E-state index contributed by atoms with van der Waals surface area (Å²) in [5, 5.41) is 14.8. The van der Waals surface area contributed by atoms with Gasteiger partial charge in [-0.2, -0.15) is 0 Å². The first-order valence-electron chi connectivity index (χ1n) is 9.80. The summed E-state index contributed by atoms with van der Waals surface area (Å²) in [5.74, 6) is 1.24. The molecule has 142 valence electrons. The van der Waals surface area contributed by atoms with Gasteiger partial charge in [0.1, 0.15) is 11.5 Å². The maximum Gasteiger partial charge on any atom is 0.247 e. The Morgan fingerprint density at radius 1 is 0.714 bits per heavy atom. The van der Waals surface area contributed by atoms with Crippen molar-refractivity contribution >= 4 is 29.9 Å². The third-order valence-corrected chi connectivity index (χ3v) is 9.33. The van der Waals surface area contributed by atoms with Crippen LogP contribution in [0.5, 0.6) is 11.5 Å². The van der Waals surface area contributed by atoms with Crippen LogP contribution in [0.4, 0.5) is 0 Å². The highest BCUT2D eigenvalue weighted by molar-refractivity contribution is 6.73. The van der Waals surface area contributed by atoms with E-state index in [-0.39, 0.29) is 0 Å². The van der Waals surface area contributed by atoms with Gasteiger partial charge in [-0.3, -0.25) is 0 Å². The van der Waals surface area contributed by atoms with Crippen LogP contribution in [0.15, 0.2) is 72.8 Å². The van der Waals surface area contributed by atoms with Crippen LogP contribution in [-0.2, 0) is 0 Å². The minimum Gasteiger partial charge on any atom is -0.543 e. The van der Waals surface area contributed by atoms with Gasteiger partial charge in [-0.1, -0.05) is 74.5 Å². The number of benzene rings is 4. The molecule has 1 N–H and O–H groups in total. The summed E-state index contributed by atoms with van der Waals surface area (Å²) in [6.07, 6.45) is 0. The lowest BCUT2D eigenvalue weighted by Crippen LogP contribution is -2.37. The average Bonchev–Trinajstić information content (AvgIpc) is 2.67. The molecule has 0 aliphatic carbocycles. The molecule has 0 radical (unpaired) electrons. The molecule has 0 fully saturated rings. The Kier molecular flexibility index (Phi) is 4.64. The molecule has 0 atom stereocenters. The zero-order valence-electron chi connectivity index (χ0n) is 16.9. The van der Waals surface area contributed by atoms with Crippen molar-refractivity contribution < 1.29 is 9.53 Å². The molecule has 0 spiro atoms. The summed E-state index contributed by atoms with van der Waals surface area (Å²) in [4.78, 5) is 0. The highest BCUT2D eigenvalue weighted by Gasteiger charge is 2.29. The summed E-state index contributed by atoms with van der Waals surface area (Å²) in [6.45, 7) is 9.01. The van der Waals surface area contributed by atoms with Crippen LogP contribution in [0.1, 0.15) is 13.8 Å².